The monoisotopic (exact) mass is 236 g/mol. The van der Waals surface area contributed by atoms with Gasteiger partial charge in [-0.25, -0.2) is 4.79 Å². The van der Waals surface area contributed by atoms with Crippen LogP contribution >= 0.6 is 0 Å². The number of nitrogens with zero attached hydrogens (tertiary/aromatic N) is 1. The van der Waals surface area contributed by atoms with Crippen molar-refractivity contribution in [3.05, 3.63) is 30.1 Å². The van der Waals surface area contributed by atoms with E-state index in [0.29, 0.717) is 12.2 Å². The van der Waals surface area contributed by atoms with E-state index in [9.17, 15) is 4.79 Å². The van der Waals surface area contributed by atoms with Gasteiger partial charge in [0.15, 0.2) is 0 Å². The van der Waals surface area contributed by atoms with Crippen LogP contribution in [0, 0.1) is 5.41 Å². The summed E-state index contributed by atoms with van der Waals surface area (Å²) >= 11 is 0. The molecule has 0 fully saturated rings. The smallest absolute Gasteiger partial charge is 0.331 e. The van der Waals surface area contributed by atoms with E-state index in [1.54, 1.807) is 31.5 Å². The number of esters is 1. The highest BCUT2D eigenvalue weighted by Crippen LogP contribution is 2.37. The predicted molar refractivity (Wildman–Crippen MR) is 66.2 cm³/mol. The second kappa shape index (κ2) is 4.84. The van der Waals surface area contributed by atoms with E-state index in [0.717, 1.165) is 0 Å². The van der Waals surface area contributed by atoms with Crippen LogP contribution in [-0.2, 0) is 15.1 Å². The molecule has 1 unspecified atom stereocenters. The molecule has 0 saturated carbocycles. The zero-order valence-electron chi connectivity index (χ0n) is 10.9. The second-order valence-corrected chi connectivity index (χ2v) is 5.02. The molecule has 0 amide bonds. The van der Waals surface area contributed by atoms with Gasteiger partial charge in [-0.2, -0.15) is 0 Å². The van der Waals surface area contributed by atoms with Crippen molar-refractivity contribution in [2.75, 3.05) is 6.61 Å². The molecule has 0 spiro atoms. The van der Waals surface area contributed by atoms with E-state index < -0.39 is 16.9 Å². The van der Waals surface area contributed by atoms with Crippen molar-refractivity contribution in [2.45, 2.75) is 33.2 Å². The largest absolute Gasteiger partial charge is 0.464 e. The summed E-state index contributed by atoms with van der Waals surface area (Å²) in [5, 5.41) is 0. The fraction of sp³-hybridized carbons (Fsp3) is 0.538. The topological polar surface area (TPSA) is 65.2 Å². The first kappa shape index (κ1) is 13.6. The highest BCUT2D eigenvalue weighted by atomic mass is 16.5. The van der Waals surface area contributed by atoms with Crippen LogP contribution in [0.25, 0.3) is 0 Å². The Balaban J connectivity index is 3.26. The van der Waals surface area contributed by atoms with Gasteiger partial charge in [0.05, 0.1) is 6.61 Å². The van der Waals surface area contributed by atoms with Gasteiger partial charge in [-0.1, -0.05) is 26.8 Å². The number of hydrogen-bond acceptors (Lipinski definition) is 4. The number of aromatic nitrogens is 1. The zero-order valence-corrected chi connectivity index (χ0v) is 10.9. The SMILES string of the molecule is CCOC(=O)C(N)(c1cccnc1)C(C)(C)C. The van der Waals surface area contributed by atoms with Gasteiger partial charge in [-0.15, -0.1) is 0 Å². The van der Waals surface area contributed by atoms with Gasteiger partial charge in [0.2, 0.25) is 0 Å². The first-order valence-corrected chi connectivity index (χ1v) is 5.70. The number of hydrogen-bond donors (Lipinski definition) is 1. The van der Waals surface area contributed by atoms with E-state index in [2.05, 4.69) is 4.98 Å². The average Bonchev–Trinajstić information content (AvgIpc) is 2.28. The third-order valence-electron chi connectivity index (χ3n) is 2.90. The number of nitrogens with two attached hydrogens (primary N) is 1. The molecule has 0 radical (unpaired) electrons. The second-order valence-electron chi connectivity index (χ2n) is 5.02. The first-order valence-electron chi connectivity index (χ1n) is 5.70. The molecule has 0 aromatic carbocycles. The van der Waals surface area contributed by atoms with Crippen LogP contribution in [-0.4, -0.2) is 17.6 Å². The molecular formula is C13H20N2O2. The molecule has 0 aliphatic heterocycles. The van der Waals surface area contributed by atoms with Gasteiger partial charge in [0, 0.05) is 18.0 Å². The van der Waals surface area contributed by atoms with Crippen molar-refractivity contribution >= 4 is 5.97 Å². The van der Waals surface area contributed by atoms with Crippen LogP contribution in [0.1, 0.15) is 33.3 Å². The number of carbonyl (C=O) groups excluding carboxylic acids is 1. The van der Waals surface area contributed by atoms with Crippen molar-refractivity contribution in [1.82, 2.24) is 4.98 Å². The highest BCUT2D eigenvalue weighted by molar-refractivity contribution is 5.83. The summed E-state index contributed by atoms with van der Waals surface area (Å²) in [6, 6.07) is 3.57. The van der Waals surface area contributed by atoms with Gasteiger partial charge in [0.25, 0.3) is 0 Å². The lowest BCUT2D eigenvalue weighted by atomic mass is 9.70. The van der Waals surface area contributed by atoms with E-state index in [1.165, 1.54) is 0 Å². The summed E-state index contributed by atoms with van der Waals surface area (Å²) in [5.74, 6) is -0.416. The van der Waals surface area contributed by atoms with E-state index in [1.807, 2.05) is 20.8 Å². The highest BCUT2D eigenvalue weighted by Gasteiger charge is 2.48. The van der Waals surface area contributed by atoms with Crippen LogP contribution < -0.4 is 5.73 Å². The van der Waals surface area contributed by atoms with Gasteiger partial charge in [-0.05, 0) is 18.4 Å². The van der Waals surface area contributed by atoms with E-state index in [-0.39, 0.29) is 0 Å². The van der Waals surface area contributed by atoms with Crippen molar-refractivity contribution in [1.29, 1.82) is 0 Å². The molecule has 0 bridgehead atoms. The third-order valence-corrected chi connectivity index (χ3v) is 2.90. The van der Waals surface area contributed by atoms with Crippen LogP contribution in [0.4, 0.5) is 0 Å². The molecule has 17 heavy (non-hydrogen) atoms. The summed E-state index contributed by atoms with van der Waals surface area (Å²) in [7, 11) is 0. The maximum absolute atomic E-state index is 12.1. The molecule has 4 heteroatoms. The zero-order chi connectivity index (χ0) is 13.1. The molecule has 0 aliphatic rings. The third kappa shape index (κ3) is 2.47. The van der Waals surface area contributed by atoms with Gasteiger partial charge >= 0.3 is 5.97 Å². The Hall–Kier alpha value is -1.42. The fourth-order valence-electron chi connectivity index (χ4n) is 1.70. The normalized spacial score (nSPS) is 15.1. The van der Waals surface area contributed by atoms with Crippen LogP contribution in [0.3, 0.4) is 0 Å². The minimum atomic E-state index is -1.18. The molecule has 2 N–H and O–H groups in total. The quantitative estimate of drug-likeness (QED) is 0.813. The molecule has 1 aromatic rings. The molecular weight excluding hydrogens is 216 g/mol. The minimum Gasteiger partial charge on any atom is -0.464 e. The van der Waals surface area contributed by atoms with Crippen molar-refractivity contribution in [2.24, 2.45) is 11.1 Å². The molecule has 1 aromatic heterocycles. The van der Waals surface area contributed by atoms with Crippen molar-refractivity contribution < 1.29 is 9.53 Å². The Morgan fingerprint density at radius 1 is 1.47 bits per heavy atom. The molecule has 0 aliphatic carbocycles. The molecule has 4 nitrogen and oxygen atoms in total. The number of ether oxygens (including phenoxy) is 1. The number of pyridine rings is 1. The standard InChI is InChI=1S/C13H20N2O2/c1-5-17-11(16)13(14,12(2,3)4)10-7-6-8-15-9-10/h6-9H,5,14H2,1-4H3. The van der Waals surface area contributed by atoms with Crippen molar-refractivity contribution in [3.8, 4) is 0 Å². The maximum atomic E-state index is 12.1. The lowest BCUT2D eigenvalue weighted by Crippen LogP contribution is -2.55. The summed E-state index contributed by atoms with van der Waals surface area (Å²) < 4.78 is 5.10. The molecule has 1 rings (SSSR count). The first-order chi connectivity index (χ1) is 7.84. The number of carbonyl (C=O) groups is 1. The lowest BCUT2D eigenvalue weighted by Gasteiger charge is -2.39. The van der Waals surface area contributed by atoms with Crippen molar-refractivity contribution in [3.63, 3.8) is 0 Å². The Labute approximate surface area is 102 Å². The molecule has 1 heterocycles. The summed E-state index contributed by atoms with van der Waals surface area (Å²) in [5.41, 5.74) is 5.34. The Morgan fingerprint density at radius 2 is 2.12 bits per heavy atom. The maximum Gasteiger partial charge on any atom is 0.331 e. The van der Waals surface area contributed by atoms with Gasteiger partial charge < -0.3 is 10.5 Å². The number of rotatable bonds is 3. The van der Waals surface area contributed by atoms with Gasteiger partial charge in [0.1, 0.15) is 5.54 Å². The Kier molecular flexibility index (Phi) is 3.88. The fourth-order valence-corrected chi connectivity index (χ4v) is 1.70. The Bertz CT molecular complexity index is 384. The summed E-state index contributed by atoms with van der Waals surface area (Å²) in [6.45, 7) is 7.82. The summed E-state index contributed by atoms with van der Waals surface area (Å²) in [4.78, 5) is 16.2. The van der Waals surface area contributed by atoms with Crippen LogP contribution in [0.2, 0.25) is 0 Å². The molecule has 94 valence electrons. The predicted octanol–water partition coefficient (Wildman–Crippen LogP) is 1.84. The minimum absolute atomic E-state index is 0.314. The average molecular weight is 236 g/mol. The summed E-state index contributed by atoms with van der Waals surface area (Å²) in [6.07, 6.45) is 3.26. The van der Waals surface area contributed by atoms with E-state index >= 15 is 0 Å². The van der Waals surface area contributed by atoms with Gasteiger partial charge in [-0.3, -0.25) is 4.98 Å². The Morgan fingerprint density at radius 3 is 2.53 bits per heavy atom. The lowest BCUT2D eigenvalue weighted by molar-refractivity contribution is -0.154. The van der Waals surface area contributed by atoms with Crippen LogP contribution in [0.15, 0.2) is 24.5 Å². The molecule has 1 atom stereocenters. The van der Waals surface area contributed by atoms with Crippen LogP contribution in [0.5, 0.6) is 0 Å². The molecule has 0 saturated heterocycles. The van der Waals surface area contributed by atoms with E-state index in [4.69, 9.17) is 10.5 Å².